The number of carbonyl (C=O) groups excluding carboxylic acids is 1. The summed E-state index contributed by atoms with van der Waals surface area (Å²) in [7, 11) is 0. The van der Waals surface area contributed by atoms with Crippen molar-refractivity contribution in [2.24, 2.45) is 0 Å². The van der Waals surface area contributed by atoms with Gasteiger partial charge >= 0.3 is 6.09 Å². The van der Waals surface area contributed by atoms with Crippen LogP contribution in [0.2, 0.25) is 0 Å². The summed E-state index contributed by atoms with van der Waals surface area (Å²) in [5.74, 6) is 0.269. The number of hydrogen-bond acceptors (Lipinski definition) is 4. The van der Waals surface area contributed by atoms with Gasteiger partial charge in [-0.1, -0.05) is 6.08 Å². The fourth-order valence-electron chi connectivity index (χ4n) is 3.31. The van der Waals surface area contributed by atoms with Crippen LogP contribution in [0.25, 0.3) is 5.57 Å². The number of rotatable bonds is 1. The van der Waals surface area contributed by atoms with Crippen molar-refractivity contribution in [3.8, 4) is 5.75 Å². The molecule has 0 aliphatic carbocycles. The van der Waals surface area contributed by atoms with E-state index in [2.05, 4.69) is 0 Å². The van der Waals surface area contributed by atoms with Gasteiger partial charge in [0.1, 0.15) is 23.3 Å². The van der Waals surface area contributed by atoms with Crippen LogP contribution in [0.1, 0.15) is 45.2 Å². The minimum atomic E-state index is -0.529. The molecule has 1 atom stereocenters. The average molecular weight is 348 g/mol. The predicted molar refractivity (Wildman–Crippen MR) is 95.0 cm³/mol. The molecule has 0 spiro atoms. The van der Waals surface area contributed by atoms with Gasteiger partial charge in [-0.15, -0.1) is 0 Å². The Kier molecular flexibility index (Phi) is 4.39. The Morgan fingerprint density at radius 1 is 1.44 bits per heavy atom. The Balaban J connectivity index is 1.84. The van der Waals surface area contributed by atoms with Gasteiger partial charge in [-0.3, -0.25) is 0 Å². The van der Waals surface area contributed by atoms with E-state index < -0.39 is 5.60 Å². The lowest BCUT2D eigenvalue weighted by molar-refractivity contribution is 0.0270. The van der Waals surface area contributed by atoms with Crippen molar-refractivity contribution in [1.29, 1.82) is 0 Å². The van der Waals surface area contributed by atoms with Crippen LogP contribution in [-0.2, 0) is 11.2 Å². The number of fused-ring (bicyclic) bond motifs is 1. The van der Waals surface area contributed by atoms with Gasteiger partial charge in [-0.05, 0) is 39.7 Å². The lowest BCUT2D eigenvalue weighted by Crippen LogP contribution is -2.39. The molecule has 6 heteroatoms. The van der Waals surface area contributed by atoms with E-state index in [4.69, 9.17) is 15.2 Å². The van der Waals surface area contributed by atoms with Crippen LogP contribution in [0.5, 0.6) is 5.75 Å². The van der Waals surface area contributed by atoms with E-state index in [1.807, 2.05) is 33.8 Å². The Morgan fingerprint density at radius 2 is 2.16 bits per heavy atom. The molecular weight excluding hydrogens is 323 g/mol. The van der Waals surface area contributed by atoms with Crippen LogP contribution in [0.15, 0.2) is 12.1 Å². The summed E-state index contributed by atoms with van der Waals surface area (Å²) >= 11 is 0. The van der Waals surface area contributed by atoms with Crippen molar-refractivity contribution in [2.45, 2.75) is 52.2 Å². The van der Waals surface area contributed by atoms with Crippen LogP contribution in [0.3, 0.4) is 0 Å². The van der Waals surface area contributed by atoms with Gasteiger partial charge in [0.15, 0.2) is 0 Å². The van der Waals surface area contributed by atoms with E-state index in [1.54, 1.807) is 4.90 Å². The second kappa shape index (κ2) is 6.24. The zero-order valence-electron chi connectivity index (χ0n) is 15.2. The van der Waals surface area contributed by atoms with Crippen LogP contribution in [-0.4, -0.2) is 35.8 Å². The summed E-state index contributed by atoms with van der Waals surface area (Å²) < 4.78 is 25.7. The summed E-state index contributed by atoms with van der Waals surface area (Å²) in [6.45, 7) is 8.36. The second-order valence-corrected chi connectivity index (χ2v) is 7.67. The molecule has 0 unspecified atom stereocenters. The average Bonchev–Trinajstić information content (AvgIpc) is 2.88. The highest BCUT2D eigenvalue weighted by atomic mass is 19.1. The molecule has 1 aromatic rings. The third-order valence-corrected chi connectivity index (χ3v) is 4.35. The lowest BCUT2D eigenvalue weighted by atomic mass is 9.92. The van der Waals surface area contributed by atoms with Crippen molar-refractivity contribution in [3.05, 3.63) is 29.1 Å². The van der Waals surface area contributed by atoms with E-state index in [0.29, 0.717) is 42.9 Å². The molecule has 2 N–H and O–H groups in total. The quantitative estimate of drug-likeness (QED) is 0.785. The van der Waals surface area contributed by atoms with Gasteiger partial charge in [-0.25, -0.2) is 9.18 Å². The predicted octanol–water partition coefficient (Wildman–Crippen LogP) is 3.76. The van der Waals surface area contributed by atoms with Gasteiger partial charge in [-0.2, -0.15) is 0 Å². The van der Waals surface area contributed by atoms with Gasteiger partial charge in [0.2, 0.25) is 0 Å². The number of carbonyl (C=O) groups is 1. The van der Waals surface area contributed by atoms with Gasteiger partial charge in [0.05, 0.1) is 5.69 Å². The summed E-state index contributed by atoms with van der Waals surface area (Å²) in [5, 5.41) is 0. The molecule has 5 nitrogen and oxygen atoms in total. The summed E-state index contributed by atoms with van der Waals surface area (Å²) in [4.78, 5) is 13.8. The van der Waals surface area contributed by atoms with E-state index >= 15 is 0 Å². The standard InChI is InChI=1S/C19H25FN2O3/c1-11-9-13-16(14(20)10-15(21)17(13)24-11)12-5-7-22(8-6-12)18(23)25-19(2,3)4/h5,10-11H,6-9,21H2,1-4H3/t11-/m1/s1. The van der Waals surface area contributed by atoms with Crippen molar-refractivity contribution >= 4 is 17.4 Å². The number of nitrogens with two attached hydrogens (primary N) is 1. The zero-order valence-corrected chi connectivity index (χ0v) is 15.2. The van der Waals surface area contributed by atoms with Crippen LogP contribution in [0.4, 0.5) is 14.9 Å². The van der Waals surface area contributed by atoms with Crippen molar-refractivity contribution in [1.82, 2.24) is 4.90 Å². The molecule has 2 heterocycles. The maximum Gasteiger partial charge on any atom is 0.410 e. The Morgan fingerprint density at radius 3 is 2.76 bits per heavy atom. The number of benzene rings is 1. The summed E-state index contributed by atoms with van der Waals surface area (Å²) in [6, 6.07) is 1.33. The highest BCUT2D eigenvalue weighted by Crippen LogP contribution is 2.42. The lowest BCUT2D eigenvalue weighted by Gasteiger charge is -2.30. The first-order valence-electron chi connectivity index (χ1n) is 8.60. The van der Waals surface area contributed by atoms with E-state index in [-0.39, 0.29) is 18.0 Å². The van der Waals surface area contributed by atoms with Gasteiger partial charge in [0.25, 0.3) is 0 Å². The largest absolute Gasteiger partial charge is 0.488 e. The third-order valence-electron chi connectivity index (χ3n) is 4.35. The Labute approximate surface area is 147 Å². The molecule has 2 aliphatic rings. The molecular formula is C19H25FN2O3. The molecule has 0 bridgehead atoms. The van der Waals surface area contributed by atoms with E-state index in [9.17, 15) is 9.18 Å². The molecule has 0 radical (unpaired) electrons. The molecule has 3 rings (SSSR count). The van der Waals surface area contributed by atoms with Gasteiger partial charge < -0.3 is 20.1 Å². The fraction of sp³-hybridized carbons (Fsp3) is 0.526. The highest BCUT2D eigenvalue weighted by Gasteiger charge is 2.30. The molecule has 0 saturated carbocycles. The van der Waals surface area contributed by atoms with Crippen LogP contribution < -0.4 is 10.5 Å². The number of nitrogens with zero attached hydrogens (tertiary/aromatic N) is 1. The van der Waals surface area contributed by atoms with Crippen molar-refractivity contribution in [2.75, 3.05) is 18.8 Å². The normalized spacial score (nSPS) is 20.0. The second-order valence-electron chi connectivity index (χ2n) is 7.67. The molecule has 0 aromatic heterocycles. The van der Waals surface area contributed by atoms with Gasteiger partial charge in [0, 0.05) is 36.7 Å². The topological polar surface area (TPSA) is 64.8 Å². The maximum absolute atomic E-state index is 14.6. The number of anilines is 1. The SMILES string of the molecule is C[C@@H]1Cc2c(c(N)cc(F)c2C2=CCN(C(=O)OC(C)(C)C)CC2)O1. The number of nitrogen functional groups attached to an aromatic ring is 1. The highest BCUT2D eigenvalue weighted by molar-refractivity contribution is 5.78. The zero-order chi connectivity index (χ0) is 18.4. The molecule has 0 fully saturated rings. The number of halogens is 1. The Bertz CT molecular complexity index is 737. The molecule has 136 valence electrons. The molecule has 1 amide bonds. The number of hydrogen-bond donors (Lipinski definition) is 1. The number of ether oxygens (including phenoxy) is 2. The first-order valence-corrected chi connectivity index (χ1v) is 8.60. The summed E-state index contributed by atoms with van der Waals surface area (Å²) in [5.41, 5.74) is 8.02. The van der Waals surface area contributed by atoms with Crippen LogP contribution in [0, 0.1) is 5.82 Å². The first-order chi connectivity index (χ1) is 11.7. The molecule has 25 heavy (non-hydrogen) atoms. The number of amides is 1. The van der Waals surface area contributed by atoms with Crippen molar-refractivity contribution < 1.29 is 18.7 Å². The maximum atomic E-state index is 14.6. The van der Waals surface area contributed by atoms with E-state index in [0.717, 1.165) is 11.1 Å². The Hall–Kier alpha value is -2.24. The van der Waals surface area contributed by atoms with Crippen molar-refractivity contribution in [3.63, 3.8) is 0 Å². The smallest absolute Gasteiger partial charge is 0.410 e. The fourth-order valence-corrected chi connectivity index (χ4v) is 3.31. The monoisotopic (exact) mass is 348 g/mol. The minimum absolute atomic E-state index is 0.0136. The first kappa shape index (κ1) is 17.6. The third kappa shape index (κ3) is 3.57. The van der Waals surface area contributed by atoms with Crippen LogP contribution >= 0.6 is 0 Å². The molecule has 0 saturated heterocycles. The summed E-state index contributed by atoms with van der Waals surface area (Å²) in [6.07, 6.45) is 2.74. The molecule has 2 aliphatic heterocycles. The van der Waals surface area contributed by atoms with E-state index in [1.165, 1.54) is 6.07 Å². The molecule has 1 aromatic carbocycles. The minimum Gasteiger partial charge on any atom is -0.488 e.